The highest BCUT2D eigenvalue weighted by molar-refractivity contribution is 5.82. The molecule has 0 bridgehead atoms. The van der Waals surface area contributed by atoms with Crippen molar-refractivity contribution < 1.29 is 19.4 Å². The third-order valence-corrected chi connectivity index (χ3v) is 4.09. The molecule has 1 aliphatic heterocycles. The van der Waals surface area contributed by atoms with Crippen molar-refractivity contribution in [2.24, 2.45) is 17.3 Å². The molecule has 2 fully saturated rings. The van der Waals surface area contributed by atoms with Gasteiger partial charge in [0.1, 0.15) is 11.6 Å². The van der Waals surface area contributed by atoms with Gasteiger partial charge in [-0.1, -0.05) is 13.8 Å². The molecule has 5 heteroatoms. The van der Waals surface area contributed by atoms with Crippen LogP contribution in [0.25, 0.3) is 0 Å². The maximum absolute atomic E-state index is 12.0. The van der Waals surface area contributed by atoms with Crippen LogP contribution in [0.4, 0.5) is 4.79 Å². The van der Waals surface area contributed by atoms with Crippen LogP contribution >= 0.6 is 0 Å². The van der Waals surface area contributed by atoms with Crippen molar-refractivity contribution >= 4 is 12.1 Å². The molecule has 1 amide bonds. The smallest absolute Gasteiger partial charge is 0.411 e. The van der Waals surface area contributed by atoms with Gasteiger partial charge in [-0.15, -0.1) is 0 Å². The van der Waals surface area contributed by atoms with Gasteiger partial charge in [-0.25, -0.2) is 9.59 Å². The Bertz CT molecular complexity index is 396. The zero-order chi connectivity index (χ0) is 13.9. The van der Waals surface area contributed by atoms with Crippen LogP contribution in [0.2, 0.25) is 0 Å². The number of fused-ring (bicyclic) bond motifs is 1. The molecule has 1 N–H and O–H groups in total. The summed E-state index contributed by atoms with van der Waals surface area (Å²) in [5.74, 6) is -0.590. The Balaban J connectivity index is 2.12. The van der Waals surface area contributed by atoms with Crippen LogP contribution in [0.1, 0.15) is 34.6 Å². The number of ether oxygens (including phenoxy) is 1. The maximum atomic E-state index is 12.0. The highest BCUT2D eigenvalue weighted by atomic mass is 16.6. The number of hydrogen-bond donors (Lipinski definition) is 1. The lowest BCUT2D eigenvalue weighted by atomic mass is 10.0. The number of amides is 1. The van der Waals surface area contributed by atoms with Crippen molar-refractivity contribution in [2.75, 3.05) is 6.54 Å². The molecule has 1 saturated heterocycles. The van der Waals surface area contributed by atoms with Crippen LogP contribution in [0, 0.1) is 17.3 Å². The van der Waals surface area contributed by atoms with Gasteiger partial charge in [0.2, 0.25) is 0 Å². The first-order chi connectivity index (χ1) is 8.05. The normalized spacial score (nSPS) is 32.9. The summed E-state index contributed by atoms with van der Waals surface area (Å²) in [5, 5.41) is 9.31. The van der Waals surface area contributed by atoms with Gasteiger partial charge in [-0.05, 0) is 32.1 Å². The number of carbonyl (C=O) groups is 2. The van der Waals surface area contributed by atoms with Crippen LogP contribution in [0.3, 0.4) is 0 Å². The van der Waals surface area contributed by atoms with E-state index in [-0.39, 0.29) is 17.3 Å². The van der Waals surface area contributed by atoms with E-state index in [4.69, 9.17) is 4.74 Å². The summed E-state index contributed by atoms with van der Waals surface area (Å²) in [7, 11) is 0. The van der Waals surface area contributed by atoms with Gasteiger partial charge in [-0.2, -0.15) is 0 Å². The number of hydrogen-bond acceptors (Lipinski definition) is 3. The fraction of sp³-hybridized carbons (Fsp3) is 0.846. The van der Waals surface area contributed by atoms with Crippen LogP contribution in [-0.2, 0) is 9.53 Å². The molecule has 1 heterocycles. The number of piperidine rings is 1. The molecule has 2 rings (SSSR count). The molecule has 2 unspecified atom stereocenters. The topological polar surface area (TPSA) is 66.8 Å². The van der Waals surface area contributed by atoms with Gasteiger partial charge in [-0.3, -0.25) is 4.90 Å². The third kappa shape index (κ3) is 1.95. The summed E-state index contributed by atoms with van der Waals surface area (Å²) in [6.45, 7) is 9.95. The van der Waals surface area contributed by atoms with Crippen LogP contribution in [-0.4, -0.2) is 40.3 Å². The second-order valence-corrected chi connectivity index (χ2v) is 6.87. The van der Waals surface area contributed by atoms with E-state index >= 15 is 0 Å². The fourth-order valence-electron chi connectivity index (χ4n) is 3.08. The first-order valence-electron chi connectivity index (χ1n) is 6.28. The van der Waals surface area contributed by atoms with E-state index in [0.717, 1.165) is 0 Å². The number of aliphatic carboxylic acids is 1. The highest BCUT2D eigenvalue weighted by Gasteiger charge is 2.70. The minimum Gasteiger partial charge on any atom is -0.480 e. The van der Waals surface area contributed by atoms with Gasteiger partial charge < -0.3 is 9.84 Å². The molecule has 102 valence electrons. The molecule has 0 radical (unpaired) electrons. The number of likely N-dealkylation sites (tertiary alicyclic amines) is 1. The van der Waals surface area contributed by atoms with E-state index in [9.17, 15) is 14.7 Å². The molecule has 0 aromatic carbocycles. The monoisotopic (exact) mass is 255 g/mol. The fourth-order valence-corrected chi connectivity index (χ4v) is 3.08. The SMILES string of the molecule is CC(C)(C)OC(=O)N1C[C@H]2C(C1C(=O)O)C2(C)C. The van der Waals surface area contributed by atoms with Crippen molar-refractivity contribution in [1.82, 2.24) is 4.90 Å². The van der Waals surface area contributed by atoms with Crippen molar-refractivity contribution in [1.29, 1.82) is 0 Å². The minimum atomic E-state index is -0.932. The summed E-state index contributed by atoms with van der Waals surface area (Å²) in [6, 6.07) is -0.736. The predicted molar refractivity (Wildman–Crippen MR) is 65.1 cm³/mol. The first-order valence-corrected chi connectivity index (χ1v) is 6.28. The second kappa shape index (κ2) is 3.62. The largest absolute Gasteiger partial charge is 0.480 e. The minimum absolute atomic E-state index is 0.0293. The predicted octanol–water partition coefficient (Wildman–Crippen LogP) is 1.96. The van der Waals surface area contributed by atoms with Crippen LogP contribution < -0.4 is 0 Å². The van der Waals surface area contributed by atoms with E-state index < -0.39 is 23.7 Å². The van der Waals surface area contributed by atoms with Gasteiger partial charge >= 0.3 is 12.1 Å². The Labute approximate surface area is 107 Å². The standard InChI is InChI=1S/C13H21NO4/c1-12(2,3)18-11(17)14-6-7-8(13(7,4)5)9(14)10(15)16/h7-9H,6H2,1-5H3,(H,15,16)/t7-,8?,9?/m0/s1. The molecule has 5 nitrogen and oxygen atoms in total. The molecule has 1 saturated carbocycles. The van der Waals surface area contributed by atoms with E-state index in [2.05, 4.69) is 13.8 Å². The molecule has 0 aromatic rings. The number of carboxylic acid groups (broad SMARTS) is 1. The van der Waals surface area contributed by atoms with Gasteiger partial charge in [0.25, 0.3) is 0 Å². The van der Waals surface area contributed by atoms with Crippen LogP contribution in [0.5, 0.6) is 0 Å². The quantitative estimate of drug-likeness (QED) is 0.777. The van der Waals surface area contributed by atoms with Crippen LogP contribution in [0.15, 0.2) is 0 Å². The second-order valence-electron chi connectivity index (χ2n) is 6.87. The number of carbonyl (C=O) groups excluding carboxylic acids is 1. The Morgan fingerprint density at radius 1 is 1.33 bits per heavy atom. The maximum Gasteiger partial charge on any atom is 0.411 e. The van der Waals surface area contributed by atoms with E-state index in [1.54, 1.807) is 20.8 Å². The summed E-state index contributed by atoms with van der Waals surface area (Å²) in [6.07, 6.45) is -0.516. The number of nitrogens with zero attached hydrogens (tertiary/aromatic N) is 1. The molecule has 0 spiro atoms. The molecular formula is C13H21NO4. The Morgan fingerprint density at radius 2 is 1.89 bits per heavy atom. The van der Waals surface area contributed by atoms with Crippen molar-refractivity contribution in [2.45, 2.75) is 46.3 Å². The highest BCUT2D eigenvalue weighted by Crippen LogP contribution is 2.64. The molecule has 3 atom stereocenters. The summed E-state index contributed by atoms with van der Waals surface area (Å²) in [4.78, 5) is 24.7. The molecule has 1 aliphatic carbocycles. The zero-order valence-electron chi connectivity index (χ0n) is 11.6. The number of carboxylic acids is 1. The lowest BCUT2D eigenvalue weighted by molar-refractivity contribution is -0.143. The molecule has 0 aromatic heterocycles. The van der Waals surface area contributed by atoms with Gasteiger partial charge in [0.05, 0.1) is 0 Å². The molecular weight excluding hydrogens is 234 g/mol. The summed E-state index contributed by atoms with van der Waals surface area (Å²) < 4.78 is 5.26. The molecule has 2 aliphatic rings. The average molecular weight is 255 g/mol. The third-order valence-electron chi connectivity index (χ3n) is 4.09. The van der Waals surface area contributed by atoms with Gasteiger partial charge in [0, 0.05) is 12.5 Å². The van der Waals surface area contributed by atoms with E-state index in [0.29, 0.717) is 6.54 Å². The summed E-state index contributed by atoms with van der Waals surface area (Å²) >= 11 is 0. The van der Waals surface area contributed by atoms with Crippen molar-refractivity contribution in [3.63, 3.8) is 0 Å². The average Bonchev–Trinajstić information content (AvgIpc) is 2.59. The first kappa shape index (κ1) is 13.2. The lowest BCUT2D eigenvalue weighted by Gasteiger charge is -2.30. The van der Waals surface area contributed by atoms with Gasteiger partial charge in [0.15, 0.2) is 0 Å². The Morgan fingerprint density at radius 3 is 2.33 bits per heavy atom. The molecule has 18 heavy (non-hydrogen) atoms. The van der Waals surface area contributed by atoms with E-state index in [1.807, 2.05) is 0 Å². The number of rotatable bonds is 1. The zero-order valence-corrected chi connectivity index (χ0v) is 11.6. The Kier molecular flexibility index (Phi) is 2.65. The summed E-state index contributed by atoms with van der Waals surface area (Å²) in [5.41, 5.74) is -0.565. The van der Waals surface area contributed by atoms with Crippen molar-refractivity contribution in [3.8, 4) is 0 Å². The van der Waals surface area contributed by atoms with E-state index in [1.165, 1.54) is 4.90 Å². The Hall–Kier alpha value is -1.26. The lowest BCUT2D eigenvalue weighted by Crippen LogP contribution is -2.47. The van der Waals surface area contributed by atoms with Crippen molar-refractivity contribution in [3.05, 3.63) is 0 Å².